The second-order valence-electron chi connectivity index (χ2n) is 5.04. The molecule has 6 nitrogen and oxygen atoms in total. The predicted molar refractivity (Wildman–Crippen MR) is 84.9 cm³/mol. The summed E-state index contributed by atoms with van der Waals surface area (Å²) in [7, 11) is 0. The Morgan fingerprint density at radius 2 is 2.52 bits per heavy atom. The number of aliphatic imine (C=N–C) groups is 1. The molecule has 0 bridgehead atoms. The number of thiazole rings is 1. The van der Waals surface area contributed by atoms with E-state index in [9.17, 15) is 0 Å². The van der Waals surface area contributed by atoms with Gasteiger partial charge in [-0.1, -0.05) is 0 Å². The summed E-state index contributed by atoms with van der Waals surface area (Å²) in [6.45, 7) is 5.18. The summed E-state index contributed by atoms with van der Waals surface area (Å²) < 4.78 is 7.64. The standard InChI is InChI=1S/C14H21N5OS/c1-2-15-13(17-9-12-4-3-6-20-12)16-8-11-10-19-5-7-21-14(19)18-11/h5,7,10,12H,2-4,6,8-9H2,1H3,(H2,15,16,17). The van der Waals surface area contributed by atoms with E-state index in [-0.39, 0.29) is 0 Å². The van der Waals surface area contributed by atoms with Gasteiger partial charge in [-0.05, 0) is 19.8 Å². The summed E-state index contributed by atoms with van der Waals surface area (Å²) in [5.74, 6) is 0.823. The molecule has 0 radical (unpaired) electrons. The lowest BCUT2D eigenvalue weighted by Gasteiger charge is -2.14. The number of aromatic nitrogens is 2. The first kappa shape index (κ1) is 14.3. The van der Waals surface area contributed by atoms with Gasteiger partial charge in [0.25, 0.3) is 0 Å². The van der Waals surface area contributed by atoms with Crippen molar-refractivity contribution in [1.29, 1.82) is 0 Å². The highest BCUT2D eigenvalue weighted by Crippen LogP contribution is 2.12. The fourth-order valence-corrected chi connectivity index (χ4v) is 3.09. The van der Waals surface area contributed by atoms with Crippen LogP contribution in [-0.2, 0) is 11.3 Å². The van der Waals surface area contributed by atoms with E-state index in [1.807, 2.05) is 22.2 Å². The van der Waals surface area contributed by atoms with E-state index < -0.39 is 0 Å². The number of fused-ring (bicyclic) bond motifs is 1. The summed E-state index contributed by atoms with van der Waals surface area (Å²) in [6, 6.07) is 0. The van der Waals surface area contributed by atoms with Gasteiger partial charge in [-0.2, -0.15) is 0 Å². The number of hydrogen-bond acceptors (Lipinski definition) is 4. The Bertz CT molecular complexity index is 571. The van der Waals surface area contributed by atoms with Crippen LogP contribution >= 0.6 is 11.3 Å². The molecule has 2 aromatic heterocycles. The molecule has 21 heavy (non-hydrogen) atoms. The number of nitrogens with zero attached hydrogens (tertiary/aromatic N) is 3. The van der Waals surface area contributed by atoms with E-state index in [0.29, 0.717) is 12.6 Å². The molecule has 2 aromatic rings. The maximum absolute atomic E-state index is 5.61. The lowest BCUT2D eigenvalue weighted by Crippen LogP contribution is -2.41. The van der Waals surface area contributed by atoms with Crippen molar-refractivity contribution in [2.24, 2.45) is 4.99 Å². The third-order valence-electron chi connectivity index (χ3n) is 3.41. The minimum Gasteiger partial charge on any atom is -0.376 e. The van der Waals surface area contributed by atoms with E-state index >= 15 is 0 Å². The third-order valence-corrected chi connectivity index (χ3v) is 4.18. The molecule has 7 heteroatoms. The maximum atomic E-state index is 5.61. The van der Waals surface area contributed by atoms with Crippen LogP contribution in [0.5, 0.6) is 0 Å². The van der Waals surface area contributed by atoms with Crippen LogP contribution in [0.15, 0.2) is 22.8 Å². The van der Waals surface area contributed by atoms with E-state index in [0.717, 1.165) is 49.2 Å². The van der Waals surface area contributed by atoms with Crippen LogP contribution in [0.25, 0.3) is 4.96 Å². The molecule has 1 atom stereocenters. The van der Waals surface area contributed by atoms with Crippen LogP contribution in [0, 0.1) is 0 Å². The SMILES string of the molecule is CCNC(=NCc1cn2ccsc2n1)NCC1CCCO1. The van der Waals surface area contributed by atoms with E-state index in [1.54, 1.807) is 11.3 Å². The number of hydrogen-bond donors (Lipinski definition) is 2. The molecule has 2 N–H and O–H groups in total. The van der Waals surface area contributed by atoms with Gasteiger partial charge in [0.2, 0.25) is 0 Å². The first-order valence-electron chi connectivity index (χ1n) is 7.40. The van der Waals surface area contributed by atoms with Gasteiger partial charge in [0.1, 0.15) is 0 Å². The third kappa shape index (κ3) is 3.74. The Balaban J connectivity index is 1.57. The molecular weight excluding hydrogens is 286 g/mol. The van der Waals surface area contributed by atoms with Crippen LogP contribution in [0.3, 0.4) is 0 Å². The number of imidazole rings is 1. The molecule has 0 amide bonds. The number of rotatable bonds is 5. The summed E-state index contributed by atoms with van der Waals surface area (Å²) in [5.41, 5.74) is 0.983. The summed E-state index contributed by atoms with van der Waals surface area (Å²) >= 11 is 1.64. The molecule has 114 valence electrons. The van der Waals surface area contributed by atoms with Crippen LogP contribution in [0.1, 0.15) is 25.5 Å². The molecule has 1 unspecified atom stereocenters. The average molecular weight is 307 g/mol. The molecule has 1 fully saturated rings. The Labute approximate surface area is 128 Å². The Hall–Kier alpha value is -1.60. The first-order valence-corrected chi connectivity index (χ1v) is 8.28. The zero-order valence-electron chi connectivity index (χ0n) is 12.2. The van der Waals surface area contributed by atoms with Gasteiger partial charge in [-0.25, -0.2) is 9.98 Å². The molecular formula is C14H21N5OS. The Morgan fingerprint density at radius 1 is 1.57 bits per heavy atom. The first-order chi connectivity index (χ1) is 10.3. The van der Waals surface area contributed by atoms with E-state index in [1.165, 1.54) is 0 Å². The van der Waals surface area contributed by atoms with Crippen molar-refractivity contribution in [3.63, 3.8) is 0 Å². The van der Waals surface area contributed by atoms with Crippen LogP contribution < -0.4 is 10.6 Å². The quantitative estimate of drug-likeness (QED) is 0.651. The maximum Gasteiger partial charge on any atom is 0.193 e. The van der Waals surface area contributed by atoms with Gasteiger partial charge in [-0.15, -0.1) is 11.3 Å². The van der Waals surface area contributed by atoms with Gasteiger partial charge < -0.3 is 15.4 Å². The Morgan fingerprint density at radius 3 is 3.29 bits per heavy atom. The molecule has 3 rings (SSSR count). The van der Waals surface area contributed by atoms with Crippen LogP contribution in [0.2, 0.25) is 0 Å². The van der Waals surface area contributed by atoms with Crippen molar-refractivity contribution in [2.75, 3.05) is 19.7 Å². The van der Waals surface area contributed by atoms with Crippen molar-refractivity contribution >= 4 is 22.3 Å². The minimum atomic E-state index is 0.312. The van der Waals surface area contributed by atoms with Crippen molar-refractivity contribution in [1.82, 2.24) is 20.0 Å². The molecule has 3 heterocycles. The van der Waals surface area contributed by atoms with Crippen molar-refractivity contribution in [3.05, 3.63) is 23.5 Å². The van der Waals surface area contributed by atoms with Crippen molar-refractivity contribution < 1.29 is 4.74 Å². The van der Waals surface area contributed by atoms with E-state index in [2.05, 4.69) is 27.5 Å². The zero-order valence-corrected chi connectivity index (χ0v) is 13.0. The minimum absolute atomic E-state index is 0.312. The van der Waals surface area contributed by atoms with Crippen LogP contribution in [0.4, 0.5) is 0 Å². The highest BCUT2D eigenvalue weighted by Gasteiger charge is 2.15. The smallest absolute Gasteiger partial charge is 0.193 e. The zero-order chi connectivity index (χ0) is 14.5. The normalized spacial score (nSPS) is 19.3. The lowest BCUT2D eigenvalue weighted by atomic mass is 10.2. The monoisotopic (exact) mass is 307 g/mol. The molecule has 1 saturated heterocycles. The lowest BCUT2D eigenvalue weighted by molar-refractivity contribution is 0.114. The van der Waals surface area contributed by atoms with Crippen LogP contribution in [-0.4, -0.2) is 41.1 Å². The average Bonchev–Trinajstić information content (AvgIpc) is 3.18. The molecule has 0 aliphatic carbocycles. The van der Waals surface area contributed by atoms with Gasteiger partial charge in [0.05, 0.1) is 18.3 Å². The topological polar surface area (TPSA) is 63.0 Å². The number of ether oxygens (including phenoxy) is 1. The fraction of sp³-hybridized carbons (Fsp3) is 0.571. The number of guanidine groups is 1. The van der Waals surface area contributed by atoms with Gasteiger partial charge in [-0.3, -0.25) is 4.40 Å². The van der Waals surface area contributed by atoms with Crippen molar-refractivity contribution in [3.8, 4) is 0 Å². The Kier molecular flexibility index (Phi) is 4.72. The highest BCUT2D eigenvalue weighted by atomic mass is 32.1. The van der Waals surface area contributed by atoms with Gasteiger partial charge >= 0.3 is 0 Å². The molecule has 0 saturated carbocycles. The van der Waals surface area contributed by atoms with Gasteiger partial charge in [0.15, 0.2) is 10.9 Å². The second kappa shape index (κ2) is 6.91. The highest BCUT2D eigenvalue weighted by molar-refractivity contribution is 7.15. The van der Waals surface area contributed by atoms with E-state index in [4.69, 9.17) is 4.74 Å². The van der Waals surface area contributed by atoms with Gasteiger partial charge in [0, 0.05) is 37.5 Å². The summed E-state index contributed by atoms with van der Waals surface area (Å²) in [6.07, 6.45) is 6.64. The van der Waals surface area contributed by atoms with Crippen molar-refractivity contribution in [2.45, 2.75) is 32.4 Å². The molecule has 0 aromatic carbocycles. The number of nitrogens with one attached hydrogen (secondary N) is 2. The predicted octanol–water partition coefficient (Wildman–Crippen LogP) is 1.63. The molecule has 1 aliphatic heterocycles. The second-order valence-corrected chi connectivity index (χ2v) is 5.91. The largest absolute Gasteiger partial charge is 0.376 e. The molecule has 0 spiro atoms. The summed E-state index contributed by atoms with van der Waals surface area (Å²) in [5, 5.41) is 8.63. The summed E-state index contributed by atoms with van der Waals surface area (Å²) in [4.78, 5) is 10.1. The fourth-order valence-electron chi connectivity index (χ4n) is 2.37. The molecule has 1 aliphatic rings.